The summed E-state index contributed by atoms with van der Waals surface area (Å²) < 4.78 is 2.12. The van der Waals surface area contributed by atoms with Gasteiger partial charge in [-0.2, -0.15) is 0 Å². The Morgan fingerprint density at radius 1 is 1.00 bits per heavy atom. The third kappa shape index (κ3) is 2.26. The van der Waals surface area contributed by atoms with Gasteiger partial charge < -0.3 is 10.2 Å². The number of hydrogen-bond donors (Lipinski definition) is 1. The van der Waals surface area contributed by atoms with Crippen LogP contribution in [0.15, 0.2) is 12.4 Å². The number of aromatic nitrogens is 4. The normalized spacial score (nSPS) is 24.0. The van der Waals surface area contributed by atoms with Gasteiger partial charge in [-0.05, 0) is 38.5 Å². The fourth-order valence-electron chi connectivity index (χ4n) is 3.61. The molecular formula is C16H22N6. The Morgan fingerprint density at radius 3 is 2.55 bits per heavy atom. The highest BCUT2D eigenvalue weighted by Gasteiger charge is 2.32. The van der Waals surface area contributed by atoms with Crippen LogP contribution < -0.4 is 5.32 Å². The van der Waals surface area contributed by atoms with Crippen LogP contribution in [-0.4, -0.2) is 49.7 Å². The van der Waals surface area contributed by atoms with Gasteiger partial charge in [0.2, 0.25) is 5.65 Å². The minimum atomic E-state index is 0.509. The third-order valence-electron chi connectivity index (χ3n) is 5.23. The summed E-state index contributed by atoms with van der Waals surface area (Å²) in [6.07, 6.45) is 11.5. The zero-order chi connectivity index (χ0) is 14.5. The van der Waals surface area contributed by atoms with Gasteiger partial charge in [0.05, 0.1) is 0 Å². The molecule has 0 radical (unpaired) electrons. The summed E-state index contributed by atoms with van der Waals surface area (Å²) in [5.41, 5.74) is 0.883. The lowest BCUT2D eigenvalue weighted by atomic mass is 10.1. The molecule has 6 heteroatoms. The second-order valence-electron chi connectivity index (χ2n) is 6.99. The first-order valence-corrected chi connectivity index (χ1v) is 8.59. The lowest BCUT2D eigenvalue weighted by molar-refractivity contribution is 0.210. The van der Waals surface area contributed by atoms with Crippen LogP contribution in [0.2, 0.25) is 0 Å². The molecule has 1 N–H and O–H groups in total. The van der Waals surface area contributed by atoms with E-state index in [1.54, 1.807) is 0 Å². The average molecular weight is 298 g/mol. The molecule has 1 saturated heterocycles. The largest absolute Gasteiger partial charge is 0.364 e. The van der Waals surface area contributed by atoms with Gasteiger partial charge in [0, 0.05) is 43.5 Å². The Labute approximate surface area is 129 Å². The highest BCUT2D eigenvalue weighted by Crippen LogP contribution is 2.39. The van der Waals surface area contributed by atoms with Crippen molar-refractivity contribution in [2.75, 3.05) is 18.4 Å². The maximum atomic E-state index is 4.51. The van der Waals surface area contributed by atoms with Crippen LogP contribution in [-0.2, 0) is 0 Å². The van der Waals surface area contributed by atoms with Crippen molar-refractivity contribution < 1.29 is 0 Å². The van der Waals surface area contributed by atoms with E-state index in [4.69, 9.17) is 0 Å². The summed E-state index contributed by atoms with van der Waals surface area (Å²) in [5, 5.41) is 12.4. The predicted molar refractivity (Wildman–Crippen MR) is 84.0 cm³/mol. The molecule has 0 aromatic carbocycles. The van der Waals surface area contributed by atoms with Crippen LogP contribution >= 0.6 is 0 Å². The highest BCUT2D eigenvalue weighted by molar-refractivity contribution is 5.62. The van der Waals surface area contributed by atoms with Crippen LogP contribution in [0.1, 0.15) is 50.3 Å². The van der Waals surface area contributed by atoms with Crippen molar-refractivity contribution in [1.29, 1.82) is 0 Å². The SMILES string of the molecule is c1cn2c(C3CC3)nnc2c(NC2CCN(C3CC3)CC2)n1. The molecule has 2 aromatic rings. The zero-order valence-electron chi connectivity index (χ0n) is 12.8. The lowest BCUT2D eigenvalue weighted by Gasteiger charge is -2.32. The summed E-state index contributed by atoms with van der Waals surface area (Å²) in [6, 6.07) is 1.40. The van der Waals surface area contributed by atoms with E-state index in [9.17, 15) is 0 Å². The quantitative estimate of drug-likeness (QED) is 0.936. The maximum absolute atomic E-state index is 4.51. The van der Waals surface area contributed by atoms with Crippen molar-refractivity contribution in [3.8, 4) is 0 Å². The van der Waals surface area contributed by atoms with Gasteiger partial charge >= 0.3 is 0 Å². The molecule has 0 unspecified atom stereocenters. The molecule has 5 rings (SSSR count). The lowest BCUT2D eigenvalue weighted by Crippen LogP contribution is -2.40. The van der Waals surface area contributed by atoms with E-state index in [1.165, 1.54) is 51.6 Å². The molecule has 6 nitrogen and oxygen atoms in total. The number of rotatable bonds is 4. The minimum Gasteiger partial charge on any atom is -0.364 e. The number of piperidine rings is 1. The van der Waals surface area contributed by atoms with Gasteiger partial charge in [0.15, 0.2) is 5.82 Å². The molecule has 1 aliphatic heterocycles. The molecule has 0 bridgehead atoms. The third-order valence-corrected chi connectivity index (χ3v) is 5.23. The van der Waals surface area contributed by atoms with Crippen molar-refractivity contribution >= 4 is 11.5 Å². The van der Waals surface area contributed by atoms with Crippen LogP contribution in [0.5, 0.6) is 0 Å². The van der Waals surface area contributed by atoms with E-state index >= 15 is 0 Å². The van der Waals surface area contributed by atoms with Crippen molar-refractivity contribution in [1.82, 2.24) is 24.5 Å². The first-order chi connectivity index (χ1) is 10.9. The molecule has 3 heterocycles. The standard InChI is InChI=1S/C16H22N6/c1-2-11(1)15-19-20-16-14(17-7-10-22(15)16)18-12-5-8-21(9-6-12)13-3-4-13/h7,10-13H,1-6,8-9H2,(H,17,18). The average Bonchev–Trinajstić information content (AvgIpc) is 3.46. The fourth-order valence-corrected chi connectivity index (χ4v) is 3.61. The Hall–Kier alpha value is -1.69. The van der Waals surface area contributed by atoms with Crippen LogP contribution in [0.4, 0.5) is 5.82 Å². The van der Waals surface area contributed by atoms with Gasteiger partial charge in [0.1, 0.15) is 5.82 Å². The van der Waals surface area contributed by atoms with Gasteiger partial charge in [-0.25, -0.2) is 4.98 Å². The van der Waals surface area contributed by atoms with Crippen molar-refractivity contribution in [2.24, 2.45) is 0 Å². The number of hydrogen-bond acceptors (Lipinski definition) is 5. The van der Waals surface area contributed by atoms with Crippen molar-refractivity contribution in [2.45, 2.75) is 56.5 Å². The van der Waals surface area contributed by atoms with Gasteiger partial charge in [-0.15, -0.1) is 10.2 Å². The van der Waals surface area contributed by atoms with E-state index in [0.29, 0.717) is 12.0 Å². The molecule has 22 heavy (non-hydrogen) atoms. The van der Waals surface area contributed by atoms with Crippen molar-refractivity contribution in [3.63, 3.8) is 0 Å². The zero-order valence-corrected chi connectivity index (χ0v) is 12.8. The highest BCUT2D eigenvalue weighted by atomic mass is 15.3. The molecule has 116 valence electrons. The van der Waals surface area contributed by atoms with Gasteiger partial charge in [-0.1, -0.05) is 0 Å². The van der Waals surface area contributed by atoms with E-state index in [-0.39, 0.29) is 0 Å². The van der Waals surface area contributed by atoms with Crippen LogP contribution in [0, 0.1) is 0 Å². The van der Waals surface area contributed by atoms with Gasteiger partial charge in [-0.3, -0.25) is 4.40 Å². The topological polar surface area (TPSA) is 58.4 Å². The molecule has 3 aliphatic rings. The Kier molecular flexibility index (Phi) is 2.86. The molecule has 3 fully saturated rings. The number of likely N-dealkylation sites (tertiary alicyclic amines) is 1. The minimum absolute atomic E-state index is 0.509. The molecule has 0 spiro atoms. The first kappa shape index (κ1) is 12.8. The number of anilines is 1. The fraction of sp³-hybridized carbons (Fsp3) is 0.688. The summed E-state index contributed by atoms with van der Waals surface area (Å²) in [5.74, 6) is 2.60. The summed E-state index contributed by atoms with van der Waals surface area (Å²) in [6.45, 7) is 2.43. The summed E-state index contributed by atoms with van der Waals surface area (Å²) in [4.78, 5) is 7.16. The van der Waals surface area contributed by atoms with Crippen LogP contribution in [0.25, 0.3) is 5.65 Å². The monoisotopic (exact) mass is 298 g/mol. The van der Waals surface area contributed by atoms with E-state index in [0.717, 1.165) is 23.3 Å². The summed E-state index contributed by atoms with van der Waals surface area (Å²) in [7, 11) is 0. The van der Waals surface area contributed by atoms with E-state index in [2.05, 4.69) is 29.8 Å². The number of fused-ring (bicyclic) bond motifs is 1. The second-order valence-corrected chi connectivity index (χ2v) is 6.99. The molecule has 2 aliphatic carbocycles. The number of nitrogens with zero attached hydrogens (tertiary/aromatic N) is 5. The van der Waals surface area contributed by atoms with E-state index in [1.807, 2.05) is 12.4 Å². The maximum Gasteiger partial charge on any atom is 0.203 e. The molecule has 2 saturated carbocycles. The Bertz CT molecular complexity index is 679. The molecule has 0 amide bonds. The van der Waals surface area contributed by atoms with Crippen LogP contribution in [0.3, 0.4) is 0 Å². The first-order valence-electron chi connectivity index (χ1n) is 8.59. The predicted octanol–water partition coefficient (Wildman–Crippen LogP) is 2.04. The summed E-state index contributed by atoms with van der Waals surface area (Å²) >= 11 is 0. The smallest absolute Gasteiger partial charge is 0.203 e. The molecule has 2 aromatic heterocycles. The Morgan fingerprint density at radius 2 is 1.82 bits per heavy atom. The van der Waals surface area contributed by atoms with Gasteiger partial charge in [0.25, 0.3) is 0 Å². The molecule has 0 atom stereocenters. The second kappa shape index (κ2) is 4.91. The number of nitrogens with one attached hydrogen (secondary N) is 1. The van der Waals surface area contributed by atoms with Crippen molar-refractivity contribution in [3.05, 3.63) is 18.2 Å². The molecular weight excluding hydrogens is 276 g/mol. The Balaban J connectivity index is 1.33. The van der Waals surface area contributed by atoms with E-state index < -0.39 is 0 Å².